The summed E-state index contributed by atoms with van der Waals surface area (Å²) < 4.78 is 61.3. The predicted octanol–water partition coefficient (Wildman–Crippen LogP) is 5.55. The fourth-order valence-corrected chi connectivity index (χ4v) is 1.65. The third kappa shape index (κ3) is 3.70. The van der Waals surface area contributed by atoms with Crippen LogP contribution in [0.3, 0.4) is 0 Å². The van der Waals surface area contributed by atoms with Crippen LogP contribution in [0, 0.1) is 0 Å². The van der Waals surface area contributed by atoms with Crippen LogP contribution in [0.15, 0.2) is 17.1 Å². The molecule has 0 spiro atoms. The summed E-state index contributed by atoms with van der Waals surface area (Å²) >= 11 is 16.1. The first-order valence-corrected chi connectivity index (χ1v) is 5.34. The lowest BCUT2D eigenvalue weighted by Gasteiger charge is -2.10. The highest BCUT2D eigenvalue weighted by atomic mass is 35.5. The van der Waals surface area contributed by atoms with Gasteiger partial charge in [0.1, 0.15) is 5.69 Å². The highest BCUT2D eigenvalue weighted by Crippen LogP contribution is 2.40. The number of hydrogen-bond donors (Lipinski definition) is 0. The van der Waals surface area contributed by atoms with Crippen LogP contribution in [0.4, 0.5) is 27.6 Å². The van der Waals surface area contributed by atoms with Crippen LogP contribution in [-0.4, -0.2) is 11.6 Å². The average molecular weight is 326 g/mol. The van der Waals surface area contributed by atoms with Crippen LogP contribution in [0.25, 0.3) is 0 Å². The van der Waals surface area contributed by atoms with Crippen molar-refractivity contribution in [2.75, 3.05) is 0 Å². The van der Waals surface area contributed by atoms with E-state index in [9.17, 15) is 22.0 Å². The first-order chi connectivity index (χ1) is 8.12. The Balaban J connectivity index is 3.30. The van der Waals surface area contributed by atoms with Gasteiger partial charge in [-0.3, -0.25) is 0 Å². The van der Waals surface area contributed by atoms with Crippen molar-refractivity contribution in [3.63, 3.8) is 0 Å². The van der Waals surface area contributed by atoms with Gasteiger partial charge in [-0.15, -0.1) is 0 Å². The van der Waals surface area contributed by atoms with E-state index in [1.807, 2.05) is 0 Å². The third-order valence-electron chi connectivity index (χ3n) is 1.74. The van der Waals surface area contributed by atoms with E-state index in [2.05, 4.69) is 4.99 Å². The van der Waals surface area contributed by atoms with Gasteiger partial charge in [0, 0.05) is 0 Å². The number of halogens is 8. The van der Waals surface area contributed by atoms with Crippen LogP contribution >= 0.6 is 34.8 Å². The number of alkyl halides is 5. The lowest BCUT2D eigenvalue weighted by atomic mass is 10.2. The second-order valence-corrected chi connectivity index (χ2v) is 4.22. The van der Waals surface area contributed by atoms with E-state index in [1.165, 1.54) is 0 Å². The van der Waals surface area contributed by atoms with Gasteiger partial charge in [0.15, 0.2) is 5.17 Å². The van der Waals surface area contributed by atoms with Gasteiger partial charge in [0.05, 0.1) is 15.6 Å². The van der Waals surface area contributed by atoms with E-state index in [1.54, 1.807) is 0 Å². The van der Waals surface area contributed by atoms with E-state index < -0.39 is 39.1 Å². The minimum absolute atomic E-state index is 0.434. The molecule has 18 heavy (non-hydrogen) atoms. The zero-order chi connectivity index (χ0) is 14.1. The summed E-state index contributed by atoms with van der Waals surface area (Å²) in [5.74, 6) is 0. The van der Waals surface area contributed by atoms with Gasteiger partial charge >= 0.3 is 6.18 Å². The Labute approximate surface area is 113 Å². The third-order valence-corrected chi connectivity index (χ3v) is 2.57. The van der Waals surface area contributed by atoms with Crippen LogP contribution < -0.4 is 0 Å². The Morgan fingerprint density at radius 3 is 1.89 bits per heavy atom. The molecule has 0 heterocycles. The predicted molar refractivity (Wildman–Crippen MR) is 60.4 cm³/mol. The topological polar surface area (TPSA) is 12.4 Å². The normalized spacial score (nSPS) is 13.3. The molecule has 0 saturated heterocycles. The summed E-state index contributed by atoms with van der Waals surface area (Å²) in [4.78, 5) is 3.18. The molecule has 0 aliphatic heterocycles. The van der Waals surface area contributed by atoms with Gasteiger partial charge in [-0.05, 0) is 12.1 Å². The SMILES string of the molecule is FC(F)/C(Cl)=N\c1c(Cl)cc(C(F)(F)F)cc1Cl. The fraction of sp³-hybridized carbons (Fsp3) is 0.222. The fourth-order valence-electron chi connectivity index (χ4n) is 0.992. The zero-order valence-electron chi connectivity index (χ0n) is 8.20. The molecule has 0 saturated carbocycles. The first-order valence-electron chi connectivity index (χ1n) is 4.21. The summed E-state index contributed by atoms with van der Waals surface area (Å²) in [6.07, 6.45) is -7.72. The van der Waals surface area contributed by atoms with E-state index in [4.69, 9.17) is 34.8 Å². The van der Waals surface area contributed by atoms with Gasteiger partial charge < -0.3 is 0 Å². The Hall–Kier alpha value is -0.590. The minimum Gasteiger partial charge on any atom is -0.232 e. The van der Waals surface area contributed by atoms with Crippen molar-refractivity contribution in [2.24, 2.45) is 4.99 Å². The lowest BCUT2D eigenvalue weighted by Crippen LogP contribution is -2.05. The van der Waals surface area contributed by atoms with Crippen molar-refractivity contribution < 1.29 is 22.0 Å². The molecule has 1 rings (SSSR count). The van der Waals surface area contributed by atoms with Crippen LogP contribution in [0.1, 0.15) is 5.56 Å². The Kier molecular flexibility index (Phi) is 4.80. The molecule has 0 amide bonds. The first kappa shape index (κ1) is 15.5. The van der Waals surface area contributed by atoms with Crippen molar-refractivity contribution in [1.29, 1.82) is 0 Å². The molecule has 0 aromatic heterocycles. The largest absolute Gasteiger partial charge is 0.416 e. The van der Waals surface area contributed by atoms with Crippen molar-refractivity contribution in [1.82, 2.24) is 0 Å². The Bertz CT molecular complexity index is 461. The van der Waals surface area contributed by atoms with E-state index in [0.717, 1.165) is 0 Å². The monoisotopic (exact) mass is 325 g/mol. The van der Waals surface area contributed by atoms with Crippen molar-refractivity contribution in [2.45, 2.75) is 12.6 Å². The van der Waals surface area contributed by atoms with Gasteiger partial charge in [-0.2, -0.15) is 13.2 Å². The second kappa shape index (κ2) is 5.59. The summed E-state index contributed by atoms with van der Waals surface area (Å²) in [6, 6.07) is 1.06. The number of hydrogen-bond acceptors (Lipinski definition) is 1. The smallest absolute Gasteiger partial charge is 0.232 e. The van der Waals surface area contributed by atoms with Gasteiger partial charge in [-0.25, -0.2) is 13.8 Å². The van der Waals surface area contributed by atoms with E-state index in [0.29, 0.717) is 12.1 Å². The van der Waals surface area contributed by atoms with Gasteiger partial charge in [0.2, 0.25) is 0 Å². The maximum absolute atomic E-state index is 12.4. The Morgan fingerprint density at radius 2 is 1.56 bits per heavy atom. The zero-order valence-corrected chi connectivity index (χ0v) is 10.5. The molecule has 0 fully saturated rings. The molecule has 0 N–H and O–H groups in total. The molecular formula is C9H3Cl3F5N. The summed E-state index contributed by atoms with van der Waals surface area (Å²) in [5, 5.41) is -2.15. The highest BCUT2D eigenvalue weighted by molar-refractivity contribution is 6.66. The molecule has 9 heteroatoms. The molecule has 1 nitrogen and oxygen atoms in total. The number of aliphatic imine (C=N–C) groups is 1. The molecule has 0 unspecified atom stereocenters. The molecule has 1 aromatic carbocycles. The highest BCUT2D eigenvalue weighted by Gasteiger charge is 2.32. The van der Waals surface area contributed by atoms with Crippen LogP contribution in [-0.2, 0) is 6.18 Å². The standard InChI is InChI=1S/C9H3Cl3F5N/c10-4-1-3(9(15,16)17)2-5(11)6(4)18-7(12)8(13)14/h1-2,8H/b18-7+. The van der Waals surface area contributed by atoms with Crippen molar-refractivity contribution >= 4 is 45.7 Å². The molecule has 1 aromatic rings. The van der Waals surface area contributed by atoms with E-state index in [-0.39, 0.29) is 0 Å². The van der Waals surface area contributed by atoms with E-state index >= 15 is 0 Å². The second-order valence-electron chi connectivity index (χ2n) is 3.02. The number of benzene rings is 1. The molecule has 100 valence electrons. The summed E-state index contributed by atoms with van der Waals surface area (Å²) in [5.41, 5.74) is -1.54. The molecule has 0 radical (unpaired) electrons. The van der Waals surface area contributed by atoms with Gasteiger partial charge in [-0.1, -0.05) is 34.8 Å². The quantitative estimate of drug-likeness (QED) is 0.499. The van der Waals surface area contributed by atoms with Crippen molar-refractivity contribution in [3.05, 3.63) is 27.7 Å². The maximum atomic E-state index is 12.4. The number of nitrogens with zero attached hydrogens (tertiary/aromatic N) is 1. The summed E-state index contributed by atoms with van der Waals surface area (Å²) in [7, 11) is 0. The molecular weight excluding hydrogens is 323 g/mol. The maximum Gasteiger partial charge on any atom is 0.416 e. The Morgan fingerprint density at radius 1 is 1.11 bits per heavy atom. The molecule has 0 aliphatic carbocycles. The van der Waals surface area contributed by atoms with Crippen LogP contribution in [0.2, 0.25) is 10.0 Å². The average Bonchev–Trinajstić information content (AvgIpc) is 2.21. The number of rotatable bonds is 2. The van der Waals surface area contributed by atoms with Crippen LogP contribution in [0.5, 0.6) is 0 Å². The minimum atomic E-state index is -4.65. The molecule has 0 atom stereocenters. The molecule has 0 aliphatic rings. The van der Waals surface area contributed by atoms with Gasteiger partial charge in [0.25, 0.3) is 6.43 Å². The molecule has 0 bridgehead atoms. The summed E-state index contributed by atoms with van der Waals surface area (Å²) in [6.45, 7) is 0. The lowest BCUT2D eigenvalue weighted by molar-refractivity contribution is -0.137. The van der Waals surface area contributed by atoms with Crippen molar-refractivity contribution in [3.8, 4) is 0 Å².